The van der Waals surface area contributed by atoms with Crippen LogP contribution in [-0.4, -0.2) is 51.1 Å². The highest BCUT2D eigenvalue weighted by atomic mass is 16.5. The van der Waals surface area contributed by atoms with Gasteiger partial charge in [-0.2, -0.15) is 0 Å². The highest BCUT2D eigenvalue weighted by molar-refractivity contribution is 5.94. The van der Waals surface area contributed by atoms with Gasteiger partial charge in [-0.15, -0.1) is 0 Å². The minimum absolute atomic E-state index is 0.101. The Kier molecular flexibility index (Phi) is 6.21. The van der Waals surface area contributed by atoms with Gasteiger partial charge in [0, 0.05) is 38.4 Å². The second-order valence-electron chi connectivity index (χ2n) is 5.17. The zero-order valence-corrected chi connectivity index (χ0v) is 13.4. The first-order valence-electron chi connectivity index (χ1n) is 7.05. The van der Waals surface area contributed by atoms with Gasteiger partial charge in [-0.25, -0.2) is 0 Å². The Labute approximate surface area is 126 Å². The molecule has 116 valence electrons. The lowest BCUT2D eigenvalue weighted by Gasteiger charge is -2.21. The van der Waals surface area contributed by atoms with Gasteiger partial charge >= 0.3 is 5.97 Å². The molecule has 0 aliphatic rings. The van der Waals surface area contributed by atoms with Crippen LogP contribution in [0.15, 0.2) is 24.3 Å². The van der Waals surface area contributed by atoms with E-state index in [1.54, 1.807) is 18.9 Å². The fraction of sp³-hybridized carbons (Fsp3) is 0.500. The Morgan fingerprint density at radius 2 is 1.76 bits per heavy atom. The lowest BCUT2D eigenvalue weighted by atomic mass is 10.1. The van der Waals surface area contributed by atoms with E-state index in [1.807, 2.05) is 31.3 Å². The van der Waals surface area contributed by atoms with Crippen LogP contribution in [0.2, 0.25) is 0 Å². The zero-order chi connectivity index (χ0) is 16.0. The van der Waals surface area contributed by atoms with Crippen molar-refractivity contribution in [3.8, 4) is 0 Å². The van der Waals surface area contributed by atoms with Crippen LogP contribution in [0.1, 0.15) is 24.2 Å². The molecule has 0 radical (unpaired) electrons. The summed E-state index contributed by atoms with van der Waals surface area (Å²) in [7, 11) is 5.04. The summed E-state index contributed by atoms with van der Waals surface area (Å²) in [6.45, 7) is 5.06. The van der Waals surface area contributed by atoms with Crippen LogP contribution in [-0.2, 0) is 9.53 Å². The SMILES string of the molecule is CCN(C)c1ccc(C(=O)N(C)CC(C)C(=O)OC)cc1. The molecular weight excluding hydrogens is 268 g/mol. The third kappa shape index (κ3) is 4.48. The standard InChI is InChI=1S/C16H24N2O3/c1-6-17(3)14-9-7-13(8-10-14)15(19)18(4)11-12(2)16(20)21-5/h7-10,12H,6,11H2,1-5H3. The molecule has 0 heterocycles. The Morgan fingerprint density at radius 3 is 2.24 bits per heavy atom. The van der Waals surface area contributed by atoms with Gasteiger partial charge in [0.25, 0.3) is 5.91 Å². The maximum atomic E-state index is 12.3. The fourth-order valence-electron chi connectivity index (χ4n) is 2.03. The molecule has 0 spiro atoms. The highest BCUT2D eigenvalue weighted by Gasteiger charge is 2.19. The average Bonchev–Trinajstić information content (AvgIpc) is 2.52. The second-order valence-corrected chi connectivity index (χ2v) is 5.17. The molecule has 1 unspecified atom stereocenters. The molecule has 0 N–H and O–H groups in total. The normalized spacial score (nSPS) is 11.7. The summed E-state index contributed by atoms with van der Waals surface area (Å²) >= 11 is 0. The fourth-order valence-corrected chi connectivity index (χ4v) is 2.03. The van der Waals surface area contributed by atoms with Crippen LogP contribution in [0.5, 0.6) is 0 Å². The van der Waals surface area contributed by atoms with E-state index in [1.165, 1.54) is 7.11 Å². The Hall–Kier alpha value is -2.04. The summed E-state index contributed by atoms with van der Waals surface area (Å²) in [6, 6.07) is 7.47. The second kappa shape index (κ2) is 7.67. The lowest BCUT2D eigenvalue weighted by molar-refractivity contribution is -0.145. The van der Waals surface area contributed by atoms with Crippen molar-refractivity contribution < 1.29 is 14.3 Å². The van der Waals surface area contributed by atoms with E-state index < -0.39 is 0 Å². The molecule has 0 saturated carbocycles. The molecule has 1 rings (SSSR count). The van der Waals surface area contributed by atoms with E-state index in [0.29, 0.717) is 12.1 Å². The summed E-state index contributed by atoms with van der Waals surface area (Å²) in [5.74, 6) is -0.750. The molecule has 21 heavy (non-hydrogen) atoms. The molecule has 0 aliphatic heterocycles. The number of ether oxygens (including phenoxy) is 1. The maximum Gasteiger partial charge on any atom is 0.310 e. The zero-order valence-electron chi connectivity index (χ0n) is 13.4. The van der Waals surface area contributed by atoms with Crippen LogP contribution in [0.3, 0.4) is 0 Å². The quantitative estimate of drug-likeness (QED) is 0.753. The predicted molar refractivity (Wildman–Crippen MR) is 83.5 cm³/mol. The number of nitrogens with zero attached hydrogens (tertiary/aromatic N) is 2. The van der Waals surface area contributed by atoms with Crippen molar-refractivity contribution in [3.05, 3.63) is 29.8 Å². The third-order valence-electron chi connectivity index (χ3n) is 3.53. The van der Waals surface area contributed by atoms with Crippen LogP contribution in [0.4, 0.5) is 5.69 Å². The van der Waals surface area contributed by atoms with Gasteiger partial charge in [0.05, 0.1) is 13.0 Å². The maximum absolute atomic E-state index is 12.3. The number of esters is 1. The van der Waals surface area contributed by atoms with Gasteiger partial charge in [0.2, 0.25) is 0 Å². The Balaban J connectivity index is 2.72. The number of anilines is 1. The van der Waals surface area contributed by atoms with Crippen molar-refractivity contribution in [2.75, 3.05) is 39.2 Å². The predicted octanol–water partition coefficient (Wildman–Crippen LogP) is 2.02. The lowest BCUT2D eigenvalue weighted by Crippen LogP contribution is -2.34. The van der Waals surface area contributed by atoms with Crippen molar-refractivity contribution >= 4 is 17.6 Å². The largest absolute Gasteiger partial charge is 0.469 e. The summed E-state index contributed by atoms with van der Waals surface area (Å²) in [4.78, 5) is 27.3. The van der Waals surface area contributed by atoms with Crippen molar-refractivity contribution in [1.82, 2.24) is 4.90 Å². The number of carbonyl (C=O) groups is 2. The summed E-state index contributed by atoms with van der Waals surface area (Å²) < 4.78 is 4.67. The van der Waals surface area contributed by atoms with E-state index in [9.17, 15) is 9.59 Å². The average molecular weight is 292 g/mol. The van der Waals surface area contributed by atoms with Gasteiger partial charge < -0.3 is 14.5 Å². The molecule has 0 aromatic heterocycles. The topological polar surface area (TPSA) is 49.9 Å². The number of methoxy groups -OCH3 is 1. The van der Waals surface area contributed by atoms with Crippen LogP contribution in [0, 0.1) is 5.92 Å². The van der Waals surface area contributed by atoms with E-state index in [4.69, 9.17) is 0 Å². The van der Waals surface area contributed by atoms with Crippen molar-refractivity contribution in [2.45, 2.75) is 13.8 Å². The summed E-state index contributed by atoms with van der Waals surface area (Å²) in [5, 5.41) is 0. The number of hydrogen-bond donors (Lipinski definition) is 0. The first kappa shape index (κ1) is 17.0. The number of carbonyl (C=O) groups excluding carboxylic acids is 2. The van der Waals surface area contributed by atoms with Crippen LogP contribution >= 0.6 is 0 Å². The number of hydrogen-bond acceptors (Lipinski definition) is 4. The molecular formula is C16H24N2O3. The Morgan fingerprint density at radius 1 is 1.19 bits per heavy atom. The van der Waals surface area contributed by atoms with Crippen LogP contribution in [0.25, 0.3) is 0 Å². The molecule has 5 nitrogen and oxygen atoms in total. The van der Waals surface area contributed by atoms with Gasteiger partial charge in [0.15, 0.2) is 0 Å². The smallest absolute Gasteiger partial charge is 0.310 e. The molecule has 1 aromatic carbocycles. The molecule has 0 aliphatic carbocycles. The van der Waals surface area contributed by atoms with Crippen molar-refractivity contribution in [1.29, 1.82) is 0 Å². The number of rotatable bonds is 6. The minimum atomic E-state index is -0.338. The monoisotopic (exact) mass is 292 g/mol. The Bertz CT molecular complexity index is 485. The van der Waals surface area contributed by atoms with E-state index in [2.05, 4.69) is 16.6 Å². The number of benzene rings is 1. The summed E-state index contributed by atoms with van der Waals surface area (Å²) in [6.07, 6.45) is 0. The van der Waals surface area contributed by atoms with Crippen molar-refractivity contribution in [3.63, 3.8) is 0 Å². The van der Waals surface area contributed by atoms with Gasteiger partial charge in [-0.1, -0.05) is 6.92 Å². The molecule has 0 bridgehead atoms. The number of amides is 1. The summed E-state index contributed by atoms with van der Waals surface area (Å²) in [5.41, 5.74) is 1.68. The van der Waals surface area contributed by atoms with Gasteiger partial charge in [0.1, 0.15) is 0 Å². The molecule has 1 atom stereocenters. The van der Waals surface area contributed by atoms with Gasteiger partial charge in [-0.05, 0) is 31.2 Å². The molecule has 5 heteroatoms. The van der Waals surface area contributed by atoms with Crippen molar-refractivity contribution in [2.24, 2.45) is 5.92 Å². The molecule has 1 aromatic rings. The molecule has 0 fully saturated rings. The first-order chi connectivity index (χ1) is 9.90. The minimum Gasteiger partial charge on any atom is -0.469 e. The third-order valence-corrected chi connectivity index (χ3v) is 3.53. The van der Waals surface area contributed by atoms with Gasteiger partial charge in [-0.3, -0.25) is 9.59 Å². The van der Waals surface area contributed by atoms with E-state index >= 15 is 0 Å². The van der Waals surface area contributed by atoms with Crippen LogP contribution < -0.4 is 4.90 Å². The van der Waals surface area contributed by atoms with E-state index in [-0.39, 0.29) is 17.8 Å². The highest BCUT2D eigenvalue weighted by Crippen LogP contribution is 2.15. The first-order valence-corrected chi connectivity index (χ1v) is 7.05. The molecule has 1 amide bonds. The molecule has 0 saturated heterocycles. The van der Waals surface area contributed by atoms with E-state index in [0.717, 1.165) is 12.2 Å².